The Morgan fingerprint density at radius 2 is 1.54 bits per heavy atom. The van der Waals surface area contributed by atoms with E-state index >= 15 is 0 Å². The summed E-state index contributed by atoms with van der Waals surface area (Å²) in [5.41, 5.74) is 5.14. The van der Waals surface area contributed by atoms with E-state index in [1.807, 2.05) is 18.2 Å². The number of aryl methyl sites for hydroxylation is 2. The van der Waals surface area contributed by atoms with E-state index in [1.165, 1.54) is 17.2 Å². The Balaban J connectivity index is 2.01. The zero-order valence-electron chi connectivity index (χ0n) is 14.4. The van der Waals surface area contributed by atoms with Gasteiger partial charge in [-0.25, -0.2) is 4.79 Å². The summed E-state index contributed by atoms with van der Waals surface area (Å²) in [4.78, 5) is 35.2. The maximum Gasteiger partial charge on any atom is 0.328 e. The Hall–Kier alpha value is -2.73. The highest BCUT2D eigenvalue weighted by Crippen LogP contribution is 2.23. The number of urea groups is 1. The quantitative estimate of drug-likeness (QED) is 0.598. The van der Waals surface area contributed by atoms with E-state index < -0.39 is 17.8 Å². The largest absolute Gasteiger partial charge is 0.328 e. The third-order valence-electron chi connectivity index (χ3n) is 4.03. The summed E-state index contributed by atoms with van der Waals surface area (Å²) in [5, 5.41) is 4.18. The molecule has 5 nitrogen and oxygen atoms in total. The van der Waals surface area contributed by atoms with Crippen LogP contribution in [-0.2, 0) is 16.0 Å². The van der Waals surface area contributed by atoms with Gasteiger partial charge in [0.1, 0.15) is 5.57 Å². The lowest BCUT2D eigenvalue weighted by molar-refractivity contribution is -0.123. The lowest BCUT2D eigenvalue weighted by Crippen LogP contribution is -2.51. The van der Waals surface area contributed by atoms with Crippen LogP contribution in [0, 0.1) is 13.8 Å². The number of nitrogens with one attached hydrogen (secondary N) is 2. The number of carbonyl (C=O) groups is 3. The summed E-state index contributed by atoms with van der Waals surface area (Å²) in [7, 11) is 0. The third kappa shape index (κ3) is 4.08. The summed E-state index contributed by atoms with van der Waals surface area (Å²) in [5.74, 6) is -1.40. The number of amides is 4. The molecule has 1 fully saturated rings. The van der Waals surface area contributed by atoms with Crippen molar-refractivity contribution in [3.8, 4) is 0 Å². The van der Waals surface area contributed by atoms with Crippen molar-refractivity contribution in [3.05, 3.63) is 74.3 Å². The molecule has 4 amide bonds. The summed E-state index contributed by atoms with van der Waals surface area (Å²) >= 11 is 3.43. The van der Waals surface area contributed by atoms with Gasteiger partial charge in [0.05, 0.1) is 0 Å². The van der Waals surface area contributed by atoms with Crippen LogP contribution < -0.4 is 10.6 Å². The molecule has 0 aromatic heterocycles. The summed E-state index contributed by atoms with van der Waals surface area (Å²) in [6.45, 7) is 4.10. The van der Waals surface area contributed by atoms with Gasteiger partial charge >= 0.3 is 6.03 Å². The van der Waals surface area contributed by atoms with Gasteiger partial charge in [-0.2, -0.15) is 0 Å². The smallest absolute Gasteiger partial charge is 0.273 e. The minimum atomic E-state index is -0.804. The highest BCUT2D eigenvalue weighted by Gasteiger charge is 2.27. The minimum absolute atomic E-state index is 0.0932. The Morgan fingerprint density at radius 3 is 2.15 bits per heavy atom. The fraction of sp³-hybridized carbons (Fsp3) is 0.150. The predicted molar refractivity (Wildman–Crippen MR) is 103 cm³/mol. The lowest BCUT2D eigenvalue weighted by atomic mass is 9.96. The van der Waals surface area contributed by atoms with Crippen LogP contribution in [-0.4, -0.2) is 17.8 Å². The van der Waals surface area contributed by atoms with Crippen molar-refractivity contribution in [2.45, 2.75) is 20.3 Å². The lowest BCUT2D eigenvalue weighted by Gasteiger charge is -2.15. The van der Waals surface area contributed by atoms with Crippen molar-refractivity contribution < 1.29 is 14.4 Å². The van der Waals surface area contributed by atoms with E-state index in [2.05, 4.69) is 58.6 Å². The maximum atomic E-state index is 12.0. The minimum Gasteiger partial charge on any atom is -0.273 e. The predicted octanol–water partition coefficient (Wildman–Crippen LogP) is 3.41. The van der Waals surface area contributed by atoms with E-state index in [0.29, 0.717) is 6.42 Å². The molecule has 1 aliphatic rings. The van der Waals surface area contributed by atoms with E-state index in [4.69, 9.17) is 0 Å². The Morgan fingerprint density at radius 1 is 0.923 bits per heavy atom. The van der Waals surface area contributed by atoms with Gasteiger partial charge in [0.25, 0.3) is 11.8 Å². The van der Waals surface area contributed by atoms with Crippen molar-refractivity contribution in [1.29, 1.82) is 0 Å². The van der Waals surface area contributed by atoms with Crippen LogP contribution in [0.25, 0.3) is 6.08 Å². The first kappa shape index (κ1) is 18.1. The van der Waals surface area contributed by atoms with Gasteiger partial charge in [-0.15, -0.1) is 0 Å². The van der Waals surface area contributed by atoms with Crippen LogP contribution in [0.3, 0.4) is 0 Å². The molecular formula is C20H17BrN2O3. The van der Waals surface area contributed by atoms with Crippen molar-refractivity contribution >= 4 is 39.9 Å². The maximum absolute atomic E-state index is 12.0. The summed E-state index contributed by atoms with van der Waals surface area (Å²) in [6, 6.07) is 11.3. The highest BCUT2D eigenvalue weighted by molar-refractivity contribution is 9.10. The molecule has 132 valence electrons. The molecule has 0 bridgehead atoms. The van der Waals surface area contributed by atoms with Crippen LogP contribution in [0.5, 0.6) is 0 Å². The fourth-order valence-corrected chi connectivity index (χ4v) is 3.39. The first-order valence-corrected chi connectivity index (χ1v) is 8.85. The molecule has 0 radical (unpaired) electrons. The van der Waals surface area contributed by atoms with Crippen LogP contribution in [0.1, 0.15) is 27.8 Å². The second kappa shape index (κ2) is 7.25. The average molecular weight is 413 g/mol. The van der Waals surface area contributed by atoms with Crippen LogP contribution in [0.4, 0.5) is 4.79 Å². The number of hydrogen-bond acceptors (Lipinski definition) is 3. The molecule has 6 heteroatoms. The standard InChI is InChI=1S/C20H17BrN2O3/c1-11-5-12(2)7-13(6-11)8-14-3-4-16(21)9-15(14)10-17-18(24)22-20(26)23-19(17)25/h3-7,9-10H,8H2,1-2H3,(H2,22,23,24,25,26). The van der Waals surface area contributed by atoms with Gasteiger partial charge in [0.15, 0.2) is 0 Å². The summed E-state index contributed by atoms with van der Waals surface area (Å²) < 4.78 is 0.834. The Labute approximate surface area is 159 Å². The van der Waals surface area contributed by atoms with E-state index in [9.17, 15) is 14.4 Å². The number of carbonyl (C=O) groups excluding carboxylic acids is 3. The second-order valence-electron chi connectivity index (χ2n) is 6.31. The molecule has 26 heavy (non-hydrogen) atoms. The van der Waals surface area contributed by atoms with Crippen molar-refractivity contribution in [2.24, 2.45) is 0 Å². The molecule has 1 saturated heterocycles. The van der Waals surface area contributed by atoms with Crippen molar-refractivity contribution in [1.82, 2.24) is 10.6 Å². The fourth-order valence-electron chi connectivity index (χ4n) is 3.01. The molecule has 2 aromatic carbocycles. The van der Waals surface area contributed by atoms with Crippen molar-refractivity contribution in [3.63, 3.8) is 0 Å². The Kier molecular flexibility index (Phi) is 5.04. The third-order valence-corrected chi connectivity index (χ3v) is 4.52. The molecule has 0 aliphatic carbocycles. The van der Waals surface area contributed by atoms with Crippen LogP contribution >= 0.6 is 15.9 Å². The van der Waals surface area contributed by atoms with Crippen LogP contribution in [0.15, 0.2) is 46.4 Å². The molecule has 1 aliphatic heterocycles. The number of rotatable bonds is 3. The van der Waals surface area contributed by atoms with Gasteiger partial charge in [-0.3, -0.25) is 20.2 Å². The molecule has 3 rings (SSSR count). The number of benzene rings is 2. The molecule has 1 heterocycles. The highest BCUT2D eigenvalue weighted by atomic mass is 79.9. The zero-order chi connectivity index (χ0) is 18.8. The zero-order valence-corrected chi connectivity index (χ0v) is 15.9. The number of barbiturate groups is 1. The second-order valence-corrected chi connectivity index (χ2v) is 7.23. The number of hydrogen-bond donors (Lipinski definition) is 2. The molecule has 0 atom stereocenters. The molecular weight excluding hydrogens is 396 g/mol. The monoisotopic (exact) mass is 412 g/mol. The van der Waals surface area contributed by atoms with Crippen molar-refractivity contribution in [2.75, 3.05) is 0 Å². The van der Waals surface area contributed by atoms with E-state index in [0.717, 1.165) is 21.2 Å². The van der Waals surface area contributed by atoms with Crippen LogP contribution in [0.2, 0.25) is 0 Å². The number of halogens is 1. The number of imide groups is 2. The first-order chi connectivity index (χ1) is 12.3. The topological polar surface area (TPSA) is 75.3 Å². The van der Waals surface area contributed by atoms with Gasteiger partial charge in [-0.05, 0) is 55.2 Å². The normalized spacial score (nSPS) is 14.1. The van der Waals surface area contributed by atoms with Gasteiger partial charge in [0.2, 0.25) is 0 Å². The summed E-state index contributed by atoms with van der Waals surface area (Å²) in [6.07, 6.45) is 2.18. The first-order valence-electron chi connectivity index (χ1n) is 8.06. The molecule has 0 unspecified atom stereocenters. The SMILES string of the molecule is Cc1cc(C)cc(Cc2ccc(Br)cc2C=C2C(=O)NC(=O)NC2=O)c1. The van der Waals surface area contributed by atoms with E-state index in [1.54, 1.807) is 0 Å². The molecule has 2 aromatic rings. The van der Waals surface area contributed by atoms with Gasteiger partial charge < -0.3 is 0 Å². The van der Waals surface area contributed by atoms with E-state index in [-0.39, 0.29) is 5.57 Å². The molecule has 2 N–H and O–H groups in total. The van der Waals surface area contributed by atoms with Gasteiger partial charge in [0, 0.05) is 4.47 Å². The molecule has 0 spiro atoms. The van der Waals surface area contributed by atoms with Gasteiger partial charge in [-0.1, -0.05) is 51.3 Å². The Bertz CT molecular complexity index is 921. The molecule has 0 saturated carbocycles. The average Bonchev–Trinajstić information content (AvgIpc) is 2.52.